The van der Waals surface area contributed by atoms with Gasteiger partial charge in [-0.1, -0.05) is 23.7 Å². The third-order valence-electron chi connectivity index (χ3n) is 4.13. The molecule has 0 saturated carbocycles. The van der Waals surface area contributed by atoms with E-state index in [1.165, 1.54) is 18.2 Å². The van der Waals surface area contributed by atoms with Crippen LogP contribution in [0.25, 0.3) is 0 Å². The van der Waals surface area contributed by atoms with Crippen molar-refractivity contribution in [1.29, 1.82) is 0 Å². The second kappa shape index (κ2) is 8.75. The molecule has 0 aliphatic carbocycles. The fourth-order valence-electron chi connectivity index (χ4n) is 2.67. The lowest BCUT2D eigenvalue weighted by Gasteiger charge is -2.19. The van der Waals surface area contributed by atoms with Crippen molar-refractivity contribution in [2.45, 2.75) is 6.04 Å². The van der Waals surface area contributed by atoms with Gasteiger partial charge in [0.25, 0.3) is 5.91 Å². The smallest absolute Gasteiger partial charge is 0.258 e. The summed E-state index contributed by atoms with van der Waals surface area (Å²) < 4.78 is 25.6. The molecule has 1 N–H and O–H groups in total. The summed E-state index contributed by atoms with van der Waals surface area (Å²) in [6, 6.07) is 10.8. The summed E-state index contributed by atoms with van der Waals surface area (Å²) in [5.41, 5.74) is 0.841. The Hall–Kier alpha value is -3.06. The van der Waals surface area contributed by atoms with E-state index in [4.69, 9.17) is 21.1 Å². The number of carbonyl (C=O) groups excluding carboxylic acids is 1. The van der Waals surface area contributed by atoms with Crippen LogP contribution in [0.15, 0.2) is 54.9 Å². The molecule has 146 valence electrons. The number of hydrogen-bond acceptors (Lipinski definition) is 4. The van der Waals surface area contributed by atoms with E-state index in [1.807, 2.05) is 35.9 Å². The Morgan fingerprint density at radius 2 is 1.96 bits per heavy atom. The van der Waals surface area contributed by atoms with Crippen LogP contribution in [-0.2, 0) is 11.8 Å². The molecular weight excluding hydrogens is 385 g/mol. The molecule has 0 spiro atoms. The summed E-state index contributed by atoms with van der Waals surface area (Å²) >= 11 is 5.73. The molecule has 2 aromatic carbocycles. The van der Waals surface area contributed by atoms with Gasteiger partial charge in [0.05, 0.1) is 12.1 Å². The number of ether oxygens (including phenoxy) is 2. The van der Waals surface area contributed by atoms with Crippen LogP contribution in [0.3, 0.4) is 0 Å². The SMILES string of the molecule is COc1ccc(C(NC(=O)COc2ccc(F)c(Cl)c2)c2nccn2C)cc1. The van der Waals surface area contributed by atoms with E-state index in [2.05, 4.69) is 10.3 Å². The predicted molar refractivity (Wildman–Crippen MR) is 103 cm³/mol. The largest absolute Gasteiger partial charge is 0.497 e. The average molecular weight is 404 g/mol. The summed E-state index contributed by atoms with van der Waals surface area (Å²) in [6.07, 6.45) is 3.46. The van der Waals surface area contributed by atoms with E-state index in [0.717, 1.165) is 5.56 Å². The van der Waals surface area contributed by atoms with E-state index in [1.54, 1.807) is 19.5 Å². The minimum Gasteiger partial charge on any atom is -0.497 e. The normalized spacial score (nSPS) is 11.7. The van der Waals surface area contributed by atoms with Gasteiger partial charge in [0.15, 0.2) is 6.61 Å². The first-order valence-electron chi connectivity index (χ1n) is 8.46. The van der Waals surface area contributed by atoms with Crippen LogP contribution < -0.4 is 14.8 Å². The maximum absolute atomic E-state index is 13.2. The van der Waals surface area contributed by atoms with Gasteiger partial charge in [-0.3, -0.25) is 4.79 Å². The lowest BCUT2D eigenvalue weighted by molar-refractivity contribution is -0.123. The minimum atomic E-state index is -0.548. The van der Waals surface area contributed by atoms with Crippen molar-refractivity contribution in [3.8, 4) is 11.5 Å². The Labute approximate surface area is 166 Å². The zero-order chi connectivity index (χ0) is 20.1. The minimum absolute atomic E-state index is 0.0676. The molecule has 0 aliphatic heterocycles. The summed E-state index contributed by atoms with van der Waals surface area (Å²) in [5, 5.41) is 2.85. The number of benzene rings is 2. The van der Waals surface area contributed by atoms with E-state index in [-0.39, 0.29) is 17.5 Å². The Morgan fingerprint density at radius 1 is 1.25 bits per heavy atom. The first kappa shape index (κ1) is 19.7. The summed E-state index contributed by atoms with van der Waals surface area (Å²) in [4.78, 5) is 16.8. The number of methoxy groups -OCH3 is 1. The van der Waals surface area contributed by atoms with Gasteiger partial charge in [0.2, 0.25) is 0 Å². The molecule has 0 bridgehead atoms. The third-order valence-corrected chi connectivity index (χ3v) is 4.42. The highest BCUT2D eigenvalue weighted by Gasteiger charge is 2.21. The van der Waals surface area contributed by atoms with E-state index < -0.39 is 11.9 Å². The quantitative estimate of drug-likeness (QED) is 0.655. The fourth-order valence-corrected chi connectivity index (χ4v) is 2.84. The molecule has 0 saturated heterocycles. The van der Waals surface area contributed by atoms with Crippen molar-refractivity contribution in [2.24, 2.45) is 7.05 Å². The highest BCUT2D eigenvalue weighted by atomic mass is 35.5. The summed E-state index contributed by atoms with van der Waals surface area (Å²) in [5.74, 6) is 0.783. The first-order valence-corrected chi connectivity index (χ1v) is 8.84. The molecule has 3 aromatic rings. The fraction of sp³-hybridized carbons (Fsp3) is 0.200. The number of carbonyl (C=O) groups is 1. The van der Waals surface area contributed by atoms with Crippen LogP contribution in [0.4, 0.5) is 4.39 Å². The van der Waals surface area contributed by atoms with Gasteiger partial charge in [-0.15, -0.1) is 0 Å². The summed E-state index contributed by atoms with van der Waals surface area (Å²) in [6.45, 7) is -0.251. The number of halogens is 2. The van der Waals surface area contributed by atoms with Crippen LogP contribution in [0.2, 0.25) is 5.02 Å². The van der Waals surface area contributed by atoms with Crippen LogP contribution >= 0.6 is 11.6 Å². The molecule has 28 heavy (non-hydrogen) atoms. The highest BCUT2D eigenvalue weighted by Crippen LogP contribution is 2.24. The molecule has 0 radical (unpaired) electrons. The number of aryl methyl sites for hydroxylation is 1. The molecule has 1 amide bonds. The van der Waals surface area contributed by atoms with Crippen molar-refractivity contribution >= 4 is 17.5 Å². The topological polar surface area (TPSA) is 65.4 Å². The van der Waals surface area contributed by atoms with Gasteiger partial charge in [-0.05, 0) is 29.8 Å². The van der Waals surface area contributed by atoms with E-state index in [0.29, 0.717) is 17.3 Å². The van der Waals surface area contributed by atoms with Crippen molar-refractivity contribution in [2.75, 3.05) is 13.7 Å². The van der Waals surface area contributed by atoms with Gasteiger partial charge in [0.1, 0.15) is 29.2 Å². The molecule has 0 fully saturated rings. The van der Waals surface area contributed by atoms with Gasteiger partial charge in [0, 0.05) is 25.5 Å². The number of imidazole rings is 1. The van der Waals surface area contributed by atoms with Gasteiger partial charge < -0.3 is 19.4 Å². The maximum Gasteiger partial charge on any atom is 0.258 e. The summed E-state index contributed by atoms with van der Waals surface area (Å²) in [7, 11) is 3.44. The van der Waals surface area contributed by atoms with Gasteiger partial charge >= 0.3 is 0 Å². The monoisotopic (exact) mass is 403 g/mol. The van der Waals surface area contributed by atoms with Crippen molar-refractivity contribution in [3.63, 3.8) is 0 Å². The van der Waals surface area contributed by atoms with Crippen molar-refractivity contribution in [3.05, 3.63) is 77.1 Å². The molecule has 3 rings (SSSR count). The second-order valence-electron chi connectivity index (χ2n) is 6.03. The number of aromatic nitrogens is 2. The molecule has 8 heteroatoms. The first-order chi connectivity index (χ1) is 13.5. The average Bonchev–Trinajstić information content (AvgIpc) is 3.13. The third kappa shape index (κ3) is 4.61. The molecule has 1 heterocycles. The van der Waals surface area contributed by atoms with Crippen LogP contribution in [0, 0.1) is 5.82 Å². The van der Waals surface area contributed by atoms with Crippen LogP contribution in [-0.4, -0.2) is 29.2 Å². The standard InChI is InChI=1S/C20H19ClFN3O3/c1-25-10-9-23-20(25)19(13-3-5-14(27-2)6-4-13)24-18(26)12-28-15-7-8-17(22)16(21)11-15/h3-11,19H,12H2,1-2H3,(H,24,26). The van der Waals surface area contributed by atoms with E-state index >= 15 is 0 Å². The number of rotatable bonds is 7. The van der Waals surface area contributed by atoms with E-state index in [9.17, 15) is 9.18 Å². The molecule has 0 aliphatic rings. The lowest BCUT2D eigenvalue weighted by Crippen LogP contribution is -2.34. The zero-order valence-electron chi connectivity index (χ0n) is 15.4. The van der Waals surface area contributed by atoms with Gasteiger partial charge in [-0.25, -0.2) is 9.37 Å². The number of nitrogens with zero attached hydrogens (tertiary/aromatic N) is 2. The number of nitrogens with one attached hydrogen (secondary N) is 1. The zero-order valence-corrected chi connectivity index (χ0v) is 16.1. The number of hydrogen-bond donors (Lipinski definition) is 1. The van der Waals surface area contributed by atoms with Gasteiger partial charge in [-0.2, -0.15) is 0 Å². The molecular formula is C20H19ClFN3O3. The van der Waals surface area contributed by atoms with Crippen molar-refractivity contribution in [1.82, 2.24) is 14.9 Å². The Bertz CT molecular complexity index is 960. The second-order valence-corrected chi connectivity index (χ2v) is 6.44. The molecule has 1 atom stereocenters. The lowest BCUT2D eigenvalue weighted by atomic mass is 10.1. The Kier molecular flexibility index (Phi) is 6.16. The van der Waals surface area contributed by atoms with Crippen LogP contribution in [0.1, 0.15) is 17.4 Å². The number of amides is 1. The Morgan fingerprint density at radius 3 is 2.57 bits per heavy atom. The van der Waals surface area contributed by atoms with Crippen molar-refractivity contribution < 1.29 is 18.7 Å². The predicted octanol–water partition coefficient (Wildman–Crippen LogP) is 3.51. The van der Waals surface area contributed by atoms with Crippen LogP contribution in [0.5, 0.6) is 11.5 Å². The molecule has 1 unspecified atom stereocenters. The molecule has 1 aromatic heterocycles. The molecule has 6 nitrogen and oxygen atoms in total. The maximum atomic E-state index is 13.2. The highest BCUT2D eigenvalue weighted by molar-refractivity contribution is 6.30. The Balaban J connectivity index is 1.74.